The first kappa shape index (κ1) is 15.2. The Morgan fingerprint density at radius 2 is 2.00 bits per heavy atom. The maximum absolute atomic E-state index is 13.2. The number of rotatable bonds is 4. The van der Waals surface area contributed by atoms with E-state index in [2.05, 4.69) is 5.32 Å². The summed E-state index contributed by atoms with van der Waals surface area (Å²) in [6, 6.07) is 3.38. The van der Waals surface area contributed by atoms with Gasteiger partial charge in [0.15, 0.2) is 0 Å². The van der Waals surface area contributed by atoms with Crippen LogP contribution in [0.15, 0.2) is 18.2 Å². The van der Waals surface area contributed by atoms with E-state index in [1.165, 1.54) is 12.1 Å². The molecule has 5 N–H and O–H groups in total. The molecule has 5 nitrogen and oxygen atoms in total. The maximum atomic E-state index is 13.2. The molecule has 0 bridgehead atoms. The van der Waals surface area contributed by atoms with Gasteiger partial charge in [0, 0.05) is 10.1 Å². The van der Waals surface area contributed by atoms with Gasteiger partial charge in [-0.25, -0.2) is 4.39 Å². The predicted molar refractivity (Wildman–Crippen MR) is 81.5 cm³/mol. The van der Waals surface area contributed by atoms with Crippen LogP contribution in [0.4, 0.5) is 10.1 Å². The number of benzene rings is 1. The standard InChI is InChI=1S/C14H16FN3O2S/c1-6(2)11(13(17)19)18-14(20)12-10(16)8-5-7(15)3-4-9(8)21-12/h3-6,11H,16H2,1-2H3,(H2,17,19)(H,18,20). The molecule has 112 valence electrons. The van der Waals surface area contributed by atoms with Crippen LogP contribution in [-0.2, 0) is 4.79 Å². The van der Waals surface area contributed by atoms with Gasteiger partial charge in [0.1, 0.15) is 16.7 Å². The van der Waals surface area contributed by atoms with E-state index in [0.717, 1.165) is 11.3 Å². The Morgan fingerprint density at radius 1 is 1.33 bits per heavy atom. The third kappa shape index (κ3) is 2.97. The number of primary amides is 1. The number of carbonyl (C=O) groups excluding carboxylic acids is 2. The lowest BCUT2D eigenvalue weighted by Gasteiger charge is -2.18. The average Bonchev–Trinajstić information content (AvgIpc) is 2.72. The van der Waals surface area contributed by atoms with Gasteiger partial charge >= 0.3 is 0 Å². The molecule has 1 atom stereocenters. The van der Waals surface area contributed by atoms with Gasteiger partial charge in [-0.15, -0.1) is 11.3 Å². The largest absolute Gasteiger partial charge is 0.397 e. The van der Waals surface area contributed by atoms with Crippen LogP contribution < -0.4 is 16.8 Å². The van der Waals surface area contributed by atoms with E-state index >= 15 is 0 Å². The number of nitrogens with two attached hydrogens (primary N) is 2. The molecule has 1 unspecified atom stereocenters. The lowest BCUT2D eigenvalue weighted by Crippen LogP contribution is -2.47. The number of amides is 2. The van der Waals surface area contributed by atoms with Crippen LogP contribution in [0.25, 0.3) is 10.1 Å². The van der Waals surface area contributed by atoms with Gasteiger partial charge in [-0.3, -0.25) is 9.59 Å². The van der Waals surface area contributed by atoms with Gasteiger partial charge in [-0.05, 0) is 24.1 Å². The topological polar surface area (TPSA) is 98.2 Å². The van der Waals surface area contributed by atoms with Crippen molar-refractivity contribution in [3.63, 3.8) is 0 Å². The number of nitrogens with one attached hydrogen (secondary N) is 1. The third-order valence-electron chi connectivity index (χ3n) is 3.15. The lowest BCUT2D eigenvalue weighted by atomic mass is 10.0. The van der Waals surface area contributed by atoms with E-state index in [0.29, 0.717) is 10.1 Å². The smallest absolute Gasteiger partial charge is 0.264 e. The van der Waals surface area contributed by atoms with Crippen LogP contribution in [0.2, 0.25) is 0 Å². The first-order chi connectivity index (χ1) is 9.81. The van der Waals surface area contributed by atoms with E-state index in [9.17, 15) is 14.0 Å². The summed E-state index contributed by atoms with van der Waals surface area (Å²) in [4.78, 5) is 23.8. The number of carbonyl (C=O) groups is 2. The number of hydrogen-bond acceptors (Lipinski definition) is 4. The van der Waals surface area contributed by atoms with Gasteiger partial charge in [0.05, 0.1) is 5.69 Å². The Morgan fingerprint density at radius 3 is 2.57 bits per heavy atom. The molecule has 0 fully saturated rings. The third-order valence-corrected chi connectivity index (χ3v) is 4.34. The summed E-state index contributed by atoms with van der Waals surface area (Å²) in [6.07, 6.45) is 0. The molecule has 0 aliphatic rings. The van der Waals surface area contributed by atoms with Crippen LogP contribution in [0, 0.1) is 11.7 Å². The molecule has 0 aliphatic carbocycles. The van der Waals surface area contributed by atoms with Gasteiger partial charge in [-0.2, -0.15) is 0 Å². The van der Waals surface area contributed by atoms with Crippen LogP contribution >= 0.6 is 11.3 Å². The summed E-state index contributed by atoms with van der Waals surface area (Å²) < 4.78 is 13.9. The van der Waals surface area contributed by atoms with Crippen molar-refractivity contribution in [1.29, 1.82) is 0 Å². The molecule has 0 saturated carbocycles. The summed E-state index contributed by atoms with van der Waals surface area (Å²) in [5.74, 6) is -1.65. The molecule has 21 heavy (non-hydrogen) atoms. The van der Waals surface area contributed by atoms with Crippen LogP contribution in [0.1, 0.15) is 23.5 Å². The molecular weight excluding hydrogens is 293 g/mol. The molecule has 1 aromatic carbocycles. The van der Waals surface area contributed by atoms with E-state index in [1.807, 2.05) is 0 Å². The fraction of sp³-hybridized carbons (Fsp3) is 0.286. The SMILES string of the molecule is CC(C)C(NC(=O)c1sc2ccc(F)cc2c1N)C(N)=O. The normalized spacial score (nSPS) is 12.6. The van der Waals surface area contributed by atoms with Crippen molar-refractivity contribution < 1.29 is 14.0 Å². The lowest BCUT2D eigenvalue weighted by molar-refractivity contribution is -0.120. The van der Waals surface area contributed by atoms with E-state index in [1.54, 1.807) is 19.9 Å². The Hall–Kier alpha value is -2.15. The maximum Gasteiger partial charge on any atom is 0.264 e. The summed E-state index contributed by atoms with van der Waals surface area (Å²) in [6.45, 7) is 3.55. The second-order valence-corrected chi connectivity index (χ2v) is 6.14. The van der Waals surface area contributed by atoms with Crippen LogP contribution in [-0.4, -0.2) is 17.9 Å². The highest BCUT2D eigenvalue weighted by Gasteiger charge is 2.25. The van der Waals surface area contributed by atoms with Crippen molar-refractivity contribution in [2.45, 2.75) is 19.9 Å². The van der Waals surface area contributed by atoms with E-state index in [-0.39, 0.29) is 16.5 Å². The highest BCUT2D eigenvalue weighted by atomic mass is 32.1. The monoisotopic (exact) mass is 309 g/mol. The zero-order valence-electron chi connectivity index (χ0n) is 11.6. The predicted octanol–water partition coefficient (Wildman–Crippen LogP) is 1.86. The Labute approximate surface area is 125 Å². The number of thiophene rings is 1. The molecule has 0 saturated heterocycles. The van der Waals surface area contributed by atoms with Crippen LogP contribution in [0.3, 0.4) is 0 Å². The Kier molecular flexibility index (Phi) is 4.13. The van der Waals surface area contributed by atoms with Crippen molar-refractivity contribution in [1.82, 2.24) is 5.32 Å². The quantitative estimate of drug-likeness (QED) is 0.804. The van der Waals surface area contributed by atoms with E-state index < -0.39 is 23.7 Å². The molecule has 0 radical (unpaired) electrons. The number of halogens is 1. The average molecular weight is 309 g/mol. The van der Waals surface area contributed by atoms with Crippen molar-refractivity contribution in [2.75, 3.05) is 5.73 Å². The molecule has 1 aromatic heterocycles. The number of anilines is 1. The molecule has 1 heterocycles. The highest BCUT2D eigenvalue weighted by molar-refractivity contribution is 7.21. The van der Waals surface area contributed by atoms with Crippen LogP contribution in [0.5, 0.6) is 0 Å². The minimum absolute atomic E-state index is 0.139. The Balaban J connectivity index is 2.35. The first-order valence-corrected chi connectivity index (χ1v) is 7.20. The molecule has 2 amide bonds. The molecule has 2 aromatic rings. The van der Waals surface area contributed by atoms with Gasteiger partial charge in [-0.1, -0.05) is 13.8 Å². The second-order valence-electron chi connectivity index (χ2n) is 5.08. The van der Waals surface area contributed by atoms with Crippen molar-refractivity contribution in [3.05, 3.63) is 28.9 Å². The summed E-state index contributed by atoms with van der Waals surface area (Å²) in [7, 11) is 0. The van der Waals surface area contributed by atoms with Gasteiger partial charge in [0.2, 0.25) is 5.91 Å². The van der Waals surface area contributed by atoms with Crippen molar-refractivity contribution in [3.8, 4) is 0 Å². The van der Waals surface area contributed by atoms with Crippen molar-refractivity contribution >= 4 is 38.9 Å². The summed E-state index contributed by atoms with van der Waals surface area (Å²) >= 11 is 1.15. The molecule has 0 aliphatic heterocycles. The first-order valence-electron chi connectivity index (χ1n) is 6.39. The van der Waals surface area contributed by atoms with Crippen molar-refractivity contribution in [2.24, 2.45) is 11.7 Å². The molecular formula is C14H16FN3O2S. The van der Waals surface area contributed by atoms with Gasteiger partial charge in [0.25, 0.3) is 5.91 Å². The molecule has 2 rings (SSSR count). The number of nitrogen functional groups attached to an aromatic ring is 1. The number of fused-ring (bicyclic) bond motifs is 1. The number of hydrogen-bond donors (Lipinski definition) is 3. The van der Waals surface area contributed by atoms with Gasteiger partial charge < -0.3 is 16.8 Å². The molecule has 0 spiro atoms. The molecule has 7 heteroatoms. The minimum Gasteiger partial charge on any atom is -0.397 e. The summed E-state index contributed by atoms with van der Waals surface area (Å²) in [5.41, 5.74) is 11.4. The highest BCUT2D eigenvalue weighted by Crippen LogP contribution is 2.34. The zero-order chi connectivity index (χ0) is 15.7. The minimum atomic E-state index is -0.779. The fourth-order valence-electron chi connectivity index (χ4n) is 2.03. The zero-order valence-corrected chi connectivity index (χ0v) is 12.5. The fourth-order valence-corrected chi connectivity index (χ4v) is 3.04. The van der Waals surface area contributed by atoms with E-state index in [4.69, 9.17) is 11.5 Å². The second kappa shape index (κ2) is 5.69. The Bertz CT molecular complexity index is 712. The summed E-state index contributed by atoms with van der Waals surface area (Å²) in [5, 5.41) is 3.06.